The lowest BCUT2D eigenvalue weighted by molar-refractivity contribution is -0.140. The average Bonchev–Trinajstić information content (AvgIpc) is 3.55. The predicted octanol–water partition coefficient (Wildman–Crippen LogP) is 5.10. The Balaban J connectivity index is 1.17. The zero-order valence-corrected chi connectivity index (χ0v) is 26.0. The summed E-state index contributed by atoms with van der Waals surface area (Å²) in [7, 11) is -4.42. The number of likely N-dealkylation sites (tertiary alicyclic amines) is 2. The SMILES string of the molecule is O=C(COCC1CCCCN1S(=O)(=O)c1ccccc1C(F)(F)F)N1CCC(CCCN2CCCC2)(c2cccnc2)CC1. The first kappa shape index (κ1) is 32.8. The largest absolute Gasteiger partial charge is 0.417 e. The van der Waals surface area contributed by atoms with Crippen LogP contribution in [0.25, 0.3) is 0 Å². The highest BCUT2D eigenvalue weighted by Gasteiger charge is 2.42. The van der Waals surface area contributed by atoms with Gasteiger partial charge in [0, 0.05) is 43.5 Å². The minimum Gasteiger partial charge on any atom is -0.370 e. The van der Waals surface area contributed by atoms with E-state index in [0.29, 0.717) is 25.9 Å². The summed E-state index contributed by atoms with van der Waals surface area (Å²) >= 11 is 0. The van der Waals surface area contributed by atoms with Gasteiger partial charge in [0.2, 0.25) is 15.9 Å². The number of carbonyl (C=O) groups excluding carboxylic acids is 1. The number of hydrogen-bond acceptors (Lipinski definition) is 6. The van der Waals surface area contributed by atoms with Gasteiger partial charge in [-0.1, -0.05) is 24.6 Å². The van der Waals surface area contributed by atoms with E-state index in [1.165, 1.54) is 43.6 Å². The quantitative estimate of drug-likeness (QED) is 0.342. The Bertz CT molecular complexity index is 1340. The first-order valence-corrected chi connectivity index (χ1v) is 17.2. The van der Waals surface area contributed by atoms with Gasteiger partial charge in [0.1, 0.15) is 6.61 Å². The van der Waals surface area contributed by atoms with E-state index >= 15 is 0 Å². The number of benzene rings is 1. The molecule has 2 aromatic rings. The van der Waals surface area contributed by atoms with Crippen LogP contribution < -0.4 is 0 Å². The molecular weight excluding hydrogens is 593 g/mol. The van der Waals surface area contributed by atoms with E-state index in [4.69, 9.17) is 4.74 Å². The second-order valence-corrected chi connectivity index (χ2v) is 14.2. The van der Waals surface area contributed by atoms with E-state index in [1.54, 1.807) is 6.20 Å². The molecule has 4 heterocycles. The van der Waals surface area contributed by atoms with E-state index in [1.807, 2.05) is 17.2 Å². The normalized spacial score (nSPS) is 21.9. The molecule has 1 aromatic heterocycles. The van der Waals surface area contributed by atoms with Gasteiger partial charge in [-0.15, -0.1) is 0 Å². The Morgan fingerprint density at radius 3 is 2.41 bits per heavy atom. The van der Waals surface area contributed by atoms with Crippen molar-refractivity contribution in [3.63, 3.8) is 0 Å². The molecule has 0 bridgehead atoms. The predicted molar refractivity (Wildman–Crippen MR) is 160 cm³/mol. The summed E-state index contributed by atoms with van der Waals surface area (Å²) in [6.07, 6.45) is 7.01. The minimum atomic E-state index is -4.80. The lowest BCUT2D eigenvalue weighted by Crippen LogP contribution is -2.48. The van der Waals surface area contributed by atoms with Crippen LogP contribution in [0.1, 0.15) is 68.9 Å². The van der Waals surface area contributed by atoms with Crippen molar-refractivity contribution in [2.75, 3.05) is 52.5 Å². The molecule has 1 aromatic carbocycles. The Kier molecular flexibility index (Phi) is 10.6. The monoisotopic (exact) mass is 636 g/mol. The molecule has 1 amide bonds. The van der Waals surface area contributed by atoms with Gasteiger partial charge >= 0.3 is 6.18 Å². The van der Waals surface area contributed by atoms with Crippen molar-refractivity contribution in [3.05, 3.63) is 59.9 Å². The maximum atomic E-state index is 13.6. The third-order valence-corrected chi connectivity index (χ3v) is 11.6. The average molecular weight is 637 g/mol. The van der Waals surface area contributed by atoms with Crippen LogP contribution in [0.15, 0.2) is 53.7 Å². The second kappa shape index (κ2) is 14.3. The fourth-order valence-electron chi connectivity index (χ4n) is 7.07. The summed E-state index contributed by atoms with van der Waals surface area (Å²) in [6, 6.07) is 7.74. The number of alkyl halides is 3. The number of pyridine rings is 1. The molecule has 0 N–H and O–H groups in total. The molecule has 3 aliphatic rings. The Labute approximate surface area is 258 Å². The van der Waals surface area contributed by atoms with E-state index < -0.39 is 32.7 Å². The number of sulfonamides is 1. The molecule has 12 heteroatoms. The van der Waals surface area contributed by atoms with Crippen LogP contribution >= 0.6 is 0 Å². The summed E-state index contributed by atoms with van der Waals surface area (Å²) in [5.41, 5.74) is 0.00865. The van der Waals surface area contributed by atoms with E-state index in [-0.39, 0.29) is 31.1 Å². The molecule has 3 saturated heterocycles. The van der Waals surface area contributed by atoms with E-state index in [2.05, 4.69) is 16.0 Å². The van der Waals surface area contributed by atoms with Crippen molar-refractivity contribution in [3.8, 4) is 0 Å². The van der Waals surface area contributed by atoms with Gasteiger partial charge in [-0.3, -0.25) is 9.78 Å². The van der Waals surface area contributed by atoms with Crippen molar-refractivity contribution < 1.29 is 31.1 Å². The molecule has 242 valence electrons. The van der Waals surface area contributed by atoms with Gasteiger partial charge < -0.3 is 14.5 Å². The molecule has 44 heavy (non-hydrogen) atoms. The Morgan fingerprint density at radius 2 is 1.70 bits per heavy atom. The number of rotatable bonds is 11. The molecular formula is C32H43F3N4O4S. The second-order valence-electron chi connectivity index (χ2n) is 12.3. The number of nitrogens with zero attached hydrogens (tertiary/aromatic N) is 4. The third kappa shape index (κ3) is 7.63. The maximum Gasteiger partial charge on any atom is 0.417 e. The van der Waals surface area contributed by atoms with Gasteiger partial charge in [-0.05, 0) is 94.8 Å². The van der Waals surface area contributed by atoms with Gasteiger partial charge in [0.25, 0.3) is 0 Å². The smallest absolute Gasteiger partial charge is 0.370 e. The summed E-state index contributed by atoms with van der Waals surface area (Å²) in [5.74, 6) is -0.158. The first-order valence-electron chi connectivity index (χ1n) is 15.8. The zero-order chi connectivity index (χ0) is 31.2. The van der Waals surface area contributed by atoms with Gasteiger partial charge in [0.15, 0.2) is 0 Å². The van der Waals surface area contributed by atoms with Crippen molar-refractivity contribution in [1.82, 2.24) is 19.1 Å². The third-order valence-electron chi connectivity index (χ3n) is 9.56. The zero-order valence-electron chi connectivity index (χ0n) is 25.2. The summed E-state index contributed by atoms with van der Waals surface area (Å²) in [6.45, 7) is 4.49. The number of amides is 1. The van der Waals surface area contributed by atoms with Crippen LogP contribution in [0.3, 0.4) is 0 Å². The molecule has 3 fully saturated rings. The number of piperidine rings is 2. The lowest BCUT2D eigenvalue weighted by Gasteiger charge is -2.42. The molecule has 0 saturated carbocycles. The molecule has 3 aliphatic heterocycles. The van der Waals surface area contributed by atoms with E-state index in [9.17, 15) is 26.4 Å². The van der Waals surface area contributed by atoms with Gasteiger partial charge in [-0.25, -0.2) is 8.42 Å². The van der Waals surface area contributed by atoms with Gasteiger partial charge in [0.05, 0.1) is 17.1 Å². The molecule has 0 radical (unpaired) electrons. The number of carbonyl (C=O) groups is 1. The van der Waals surface area contributed by atoms with E-state index in [0.717, 1.165) is 55.1 Å². The topological polar surface area (TPSA) is 83.0 Å². The highest BCUT2D eigenvalue weighted by Crippen LogP contribution is 2.40. The van der Waals surface area contributed by atoms with Crippen LogP contribution in [0, 0.1) is 0 Å². The summed E-state index contributed by atoms with van der Waals surface area (Å²) < 4.78 is 74.6. The molecule has 8 nitrogen and oxygen atoms in total. The fraction of sp³-hybridized carbons (Fsp3) is 0.625. The number of aromatic nitrogens is 1. The van der Waals surface area contributed by atoms with Crippen LogP contribution in [-0.2, 0) is 31.1 Å². The Morgan fingerprint density at radius 1 is 0.977 bits per heavy atom. The lowest BCUT2D eigenvalue weighted by atomic mass is 9.70. The highest BCUT2D eigenvalue weighted by molar-refractivity contribution is 7.89. The number of hydrogen-bond donors (Lipinski definition) is 0. The highest BCUT2D eigenvalue weighted by atomic mass is 32.2. The van der Waals surface area contributed by atoms with Crippen LogP contribution in [0.4, 0.5) is 13.2 Å². The van der Waals surface area contributed by atoms with Crippen LogP contribution in [0.2, 0.25) is 0 Å². The van der Waals surface area contributed by atoms with Crippen LogP contribution in [0.5, 0.6) is 0 Å². The van der Waals surface area contributed by atoms with Crippen molar-refractivity contribution >= 4 is 15.9 Å². The minimum absolute atomic E-state index is 0.0325. The summed E-state index contributed by atoms with van der Waals surface area (Å²) in [4.78, 5) is 21.1. The summed E-state index contributed by atoms with van der Waals surface area (Å²) in [5, 5.41) is 0. The Hall–Kier alpha value is -2.54. The number of ether oxygens (including phenoxy) is 1. The molecule has 0 aliphatic carbocycles. The van der Waals surface area contributed by atoms with Crippen molar-refractivity contribution in [2.45, 2.75) is 80.3 Å². The van der Waals surface area contributed by atoms with Crippen molar-refractivity contribution in [2.24, 2.45) is 0 Å². The molecule has 1 unspecified atom stereocenters. The van der Waals surface area contributed by atoms with Crippen LogP contribution in [-0.4, -0.2) is 91.9 Å². The number of halogens is 3. The molecule has 5 rings (SSSR count). The van der Waals surface area contributed by atoms with Gasteiger partial charge in [-0.2, -0.15) is 17.5 Å². The maximum absolute atomic E-state index is 13.6. The molecule has 0 spiro atoms. The standard InChI is InChI=1S/C32H43F3N4O4S/c33-32(34,35)28-11-1-2-12-29(28)44(41,42)39-20-4-3-10-27(39)24-43-25-30(40)38-21-14-31(15-22-38,26-9-7-16-36-23-26)13-8-19-37-17-5-6-18-37/h1-2,7,9,11-12,16,23,27H,3-6,8,10,13-15,17-22,24-25H2. The fourth-order valence-corrected chi connectivity index (χ4v) is 8.97. The van der Waals surface area contributed by atoms with Crippen molar-refractivity contribution in [1.29, 1.82) is 0 Å². The first-order chi connectivity index (χ1) is 21.1. The molecule has 1 atom stereocenters.